The van der Waals surface area contributed by atoms with E-state index >= 15 is 0 Å². The lowest BCUT2D eigenvalue weighted by atomic mass is 10.0. The second-order valence-corrected chi connectivity index (χ2v) is 12.5. The average Bonchev–Trinajstić information content (AvgIpc) is 2.29. The molecule has 0 heterocycles. The lowest BCUT2D eigenvalue weighted by molar-refractivity contribution is -0.0105. The van der Waals surface area contributed by atoms with Gasteiger partial charge in [0.1, 0.15) is 12.2 Å². The fraction of sp³-hybridized carbons (Fsp3) is 1.00. The zero-order chi connectivity index (χ0) is 17.6. The summed E-state index contributed by atoms with van der Waals surface area (Å²) in [5, 5.41) is 0. The van der Waals surface area contributed by atoms with Crippen molar-refractivity contribution in [1.29, 1.82) is 0 Å². The molecule has 0 aromatic carbocycles. The maximum Gasteiger partial charge on any atom is 0.390 e. The highest BCUT2D eigenvalue weighted by molar-refractivity contribution is 7.83. The van der Waals surface area contributed by atoms with Gasteiger partial charge in [0.25, 0.3) is 22.0 Å². The molecule has 0 N–H and O–H groups in total. The van der Waals surface area contributed by atoms with Gasteiger partial charge in [0.15, 0.2) is 0 Å². The first-order valence-corrected chi connectivity index (χ1v) is 12.9. The Morgan fingerprint density at radius 3 is 1.91 bits per heavy atom. The quantitative estimate of drug-likeness (QED) is 0.339. The van der Waals surface area contributed by atoms with Gasteiger partial charge in [-0.2, -0.15) is 8.42 Å². The third-order valence-electron chi connectivity index (χ3n) is 2.16. The van der Waals surface area contributed by atoms with E-state index in [1.54, 1.807) is 19.6 Å². The summed E-state index contributed by atoms with van der Waals surface area (Å²) in [5.74, 6) is 0. The molecular weight excluding hydrogens is 380 g/mol. The summed E-state index contributed by atoms with van der Waals surface area (Å²) in [7, 11) is -13.5. The smallest absolute Gasteiger partial charge is 0.294 e. The van der Waals surface area contributed by atoms with E-state index in [4.69, 9.17) is 3.87 Å². The number of thiol groups is 2. The summed E-state index contributed by atoms with van der Waals surface area (Å²) < 4.78 is 84.1. The molecule has 134 valence electrons. The Morgan fingerprint density at radius 2 is 1.55 bits per heavy atom. The fourth-order valence-electron chi connectivity index (χ4n) is 1.20. The van der Waals surface area contributed by atoms with Crippen LogP contribution in [0.25, 0.3) is 0 Å². The van der Waals surface area contributed by atoms with Gasteiger partial charge in [-0.15, -0.1) is 0 Å². The van der Waals surface area contributed by atoms with Gasteiger partial charge in [-0.05, 0) is 26.1 Å². The van der Waals surface area contributed by atoms with Crippen LogP contribution in [0.1, 0.15) is 13.3 Å². The Kier molecular flexibility index (Phi) is 8.64. The summed E-state index contributed by atoms with van der Waals surface area (Å²) in [4.78, 5) is 0. The molecule has 0 spiro atoms. The molecule has 1 atom stereocenters. The lowest BCUT2D eigenvalue weighted by Gasteiger charge is -2.28. The van der Waals surface area contributed by atoms with Gasteiger partial charge >= 0.3 is 10.4 Å². The Bertz CT molecular complexity index is 586. The van der Waals surface area contributed by atoms with Gasteiger partial charge in [-0.3, -0.25) is 12.2 Å². The van der Waals surface area contributed by atoms with Crippen molar-refractivity contribution in [2.75, 3.05) is 13.2 Å². The highest BCUT2D eigenvalue weighted by atomic mass is 32.3. The normalized spacial score (nSPS) is 16.1. The molecular formula is C8H20O10S3Si. The standard InChI is InChI=1S/C8H20O10S3Si/c1-5-8(17-20(11)12,6-15-19(9)10)7-16-21(13,14)18-22(2,3)4/h19-20H,5-7H2,1-4H3. The summed E-state index contributed by atoms with van der Waals surface area (Å²) in [6, 6.07) is 0. The van der Waals surface area contributed by atoms with Crippen molar-refractivity contribution in [1.82, 2.24) is 0 Å². The molecule has 14 heteroatoms. The summed E-state index contributed by atoms with van der Waals surface area (Å²) in [5.41, 5.74) is -1.79. The maximum absolute atomic E-state index is 11.7. The average molecular weight is 401 g/mol. The van der Waals surface area contributed by atoms with Gasteiger partial charge in [-0.25, -0.2) is 21.0 Å². The minimum absolute atomic E-state index is 0.0814. The summed E-state index contributed by atoms with van der Waals surface area (Å²) in [6.45, 7) is 4.79. The highest BCUT2D eigenvalue weighted by Crippen LogP contribution is 2.20. The van der Waals surface area contributed by atoms with Crippen LogP contribution >= 0.6 is 0 Å². The van der Waals surface area contributed by atoms with Crippen molar-refractivity contribution in [3.05, 3.63) is 0 Å². The topological polar surface area (TPSA) is 139 Å². The van der Waals surface area contributed by atoms with E-state index in [1.807, 2.05) is 0 Å². The minimum Gasteiger partial charge on any atom is -0.294 e. The van der Waals surface area contributed by atoms with Crippen LogP contribution in [0, 0.1) is 0 Å². The summed E-state index contributed by atoms with van der Waals surface area (Å²) in [6.07, 6.45) is -0.0814. The van der Waals surface area contributed by atoms with Crippen LogP contribution in [0.5, 0.6) is 0 Å². The van der Waals surface area contributed by atoms with Gasteiger partial charge in [0.05, 0.1) is 6.61 Å². The van der Waals surface area contributed by atoms with E-state index in [0.29, 0.717) is 0 Å². The fourth-order valence-corrected chi connectivity index (χ4v) is 5.09. The van der Waals surface area contributed by atoms with E-state index in [2.05, 4.69) is 12.5 Å². The molecule has 0 aliphatic carbocycles. The predicted molar refractivity (Wildman–Crippen MR) is 80.0 cm³/mol. The van der Waals surface area contributed by atoms with E-state index in [0.717, 1.165) is 0 Å². The molecule has 0 aliphatic rings. The molecule has 0 saturated carbocycles. The molecule has 0 saturated heterocycles. The molecule has 0 aromatic rings. The molecule has 0 rings (SSSR count). The van der Waals surface area contributed by atoms with Crippen LogP contribution in [-0.2, 0) is 48.8 Å². The van der Waals surface area contributed by atoms with Crippen molar-refractivity contribution in [2.45, 2.75) is 38.6 Å². The van der Waals surface area contributed by atoms with Crippen LogP contribution < -0.4 is 0 Å². The first-order valence-electron chi connectivity index (χ1n) is 6.02. The zero-order valence-corrected chi connectivity index (χ0v) is 16.1. The van der Waals surface area contributed by atoms with Crippen LogP contribution in [0.3, 0.4) is 0 Å². The third-order valence-corrected chi connectivity index (χ3v) is 6.26. The molecule has 0 bridgehead atoms. The predicted octanol–water partition coefficient (Wildman–Crippen LogP) is -0.666. The van der Waals surface area contributed by atoms with Crippen LogP contribution in [0.4, 0.5) is 0 Å². The number of hydrogen-bond acceptors (Lipinski definition) is 10. The molecule has 0 fully saturated rings. The van der Waals surface area contributed by atoms with Gasteiger partial charge in [-0.1, -0.05) is 6.92 Å². The summed E-state index contributed by atoms with van der Waals surface area (Å²) >= 11 is 0. The van der Waals surface area contributed by atoms with E-state index in [1.165, 1.54) is 6.92 Å². The molecule has 0 aliphatic heterocycles. The highest BCUT2D eigenvalue weighted by Gasteiger charge is 2.36. The lowest BCUT2D eigenvalue weighted by Crippen LogP contribution is -2.43. The second-order valence-electron chi connectivity index (χ2n) is 5.21. The molecule has 0 radical (unpaired) electrons. The van der Waals surface area contributed by atoms with Crippen molar-refractivity contribution in [3.8, 4) is 0 Å². The SMILES string of the molecule is CCC(CO[SH](=O)=O)(COS(=O)(=O)O[Si](C)(C)C)O[SH](=O)=O. The Balaban J connectivity index is 5.12. The second kappa shape index (κ2) is 8.67. The number of rotatable bonds is 11. The van der Waals surface area contributed by atoms with Gasteiger partial charge in [0.2, 0.25) is 8.32 Å². The Morgan fingerprint density at radius 1 is 1.00 bits per heavy atom. The van der Waals surface area contributed by atoms with Crippen molar-refractivity contribution in [2.24, 2.45) is 0 Å². The van der Waals surface area contributed by atoms with E-state index < -0.39 is 59.5 Å². The van der Waals surface area contributed by atoms with Crippen LogP contribution in [-0.4, -0.2) is 52.4 Å². The monoisotopic (exact) mass is 400 g/mol. The Labute approximate surface area is 134 Å². The first kappa shape index (κ1) is 21.9. The van der Waals surface area contributed by atoms with Gasteiger partial charge < -0.3 is 0 Å². The van der Waals surface area contributed by atoms with Crippen LogP contribution in [0.15, 0.2) is 0 Å². The van der Waals surface area contributed by atoms with Crippen molar-refractivity contribution in [3.63, 3.8) is 0 Å². The van der Waals surface area contributed by atoms with E-state index in [9.17, 15) is 25.3 Å². The first-order chi connectivity index (χ1) is 9.81. The maximum atomic E-state index is 11.7. The molecule has 10 nitrogen and oxygen atoms in total. The largest absolute Gasteiger partial charge is 0.390 e. The number of hydrogen-bond donors (Lipinski definition) is 2. The third kappa shape index (κ3) is 9.83. The van der Waals surface area contributed by atoms with E-state index in [-0.39, 0.29) is 6.42 Å². The van der Waals surface area contributed by atoms with Crippen molar-refractivity contribution < 1.29 is 41.7 Å². The molecule has 22 heavy (non-hydrogen) atoms. The molecule has 0 aromatic heterocycles. The van der Waals surface area contributed by atoms with Crippen molar-refractivity contribution >= 4 is 40.7 Å². The molecule has 1 unspecified atom stereocenters. The zero-order valence-electron chi connectivity index (χ0n) is 12.5. The Hall–Kier alpha value is -0.0931. The van der Waals surface area contributed by atoms with Gasteiger partial charge in [0, 0.05) is 0 Å². The minimum atomic E-state index is -4.38. The molecule has 0 amide bonds. The van der Waals surface area contributed by atoms with Crippen LogP contribution in [0.2, 0.25) is 19.6 Å².